The minimum absolute atomic E-state index is 0.106. The van der Waals surface area contributed by atoms with Crippen LogP contribution in [-0.4, -0.2) is 40.8 Å². The van der Waals surface area contributed by atoms with Crippen LogP contribution < -0.4 is 4.74 Å². The Balaban J connectivity index is 2.25. The molecule has 0 aliphatic rings. The van der Waals surface area contributed by atoms with Crippen molar-refractivity contribution in [2.24, 2.45) is 0 Å². The average molecular weight is 437 g/mol. The molecule has 28 heavy (non-hydrogen) atoms. The minimum atomic E-state index is -4.87. The first-order valence-corrected chi connectivity index (χ1v) is 11.2. The van der Waals surface area contributed by atoms with Crippen LogP contribution in [0.4, 0.5) is 13.2 Å². The van der Waals surface area contributed by atoms with Gasteiger partial charge < -0.3 is 4.74 Å². The van der Waals surface area contributed by atoms with Crippen molar-refractivity contribution < 1.29 is 34.7 Å². The number of alkyl halides is 3. The Kier molecular flexibility index (Phi) is 6.12. The number of ether oxygens (including phenoxy) is 1. The van der Waals surface area contributed by atoms with Crippen molar-refractivity contribution in [1.82, 2.24) is 4.31 Å². The van der Waals surface area contributed by atoms with Gasteiger partial charge in [0.15, 0.2) is 9.84 Å². The smallest absolute Gasteiger partial charge is 0.406 e. The van der Waals surface area contributed by atoms with E-state index in [9.17, 15) is 30.0 Å². The van der Waals surface area contributed by atoms with Crippen molar-refractivity contribution in [2.75, 3.05) is 13.3 Å². The first kappa shape index (κ1) is 22.2. The number of halogens is 3. The van der Waals surface area contributed by atoms with E-state index >= 15 is 0 Å². The number of nitrogens with zero attached hydrogens (tertiary/aromatic N) is 1. The third kappa shape index (κ3) is 5.24. The van der Waals surface area contributed by atoms with Crippen molar-refractivity contribution in [3.63, 3.8) is 0 Å². The molecule has 0 aliphatic carbocycles. The van der Waals surface area contributed by atoms with E-state index in [0.29, 0.717) is 5.56 Å². The number of rotatable bonds is 6. The predicted molar refractivity (Wildman–Crippen MR) is 96.0 cm³/mol. The standard InChI is InChI=1S/C17H18F3NO5S2/c1-12(13-4-8-15(9-5-13)27(3,22)23)21(2)28(24,25)16-10-6-14(7-11-16)26-17(18,19)20/h4-12H,1-3H3/t12-/m0/s1. The molecular formula is C17H18F3NO5S2. The molecule has 154 valence electrons. The number of benzene rings is 2. The van der Waals surface area contributed by atoms with Gasteiger partial charge in [0.05, 0.1) is 9.79 Å². The normalized spacial score (nSPS) is 14.1. The molecule has 11 heteroatoms. The van der Waals surface area contributed by atoms with Gasteiger partial charge in [0.1, 0.15) is 5.75 Å². The Hall–Kier alpha value is -2.11. The maximum atomic E-state index is 12.7. The topological polar surface area (TPSA) is 80.8 Å². The summed E-state index contributed by atoms with van der Waals surface area (Å²) in [6, 6.07) is 9.00. The van der Waals surface area contributed by atoms with E-state index < -0.39 is 38.0 Å². The van der Waals surface area contributed by atoms with Crippen LogP contribution in [-0.2, 0) is 19.9 Å². The first-order chi connectivity index (χ1) is 12.7. The quantitative estimate of drug-likeness (QED) is 0.692. The van der Waals surface area contributed by atoms with Crippen LogP contribution in [0.25, 0.3) is 0 Å². The Bertz CT molecular complexity index is 1030. The first-order valence-electron chi connectivity index (χ1n) is 7.86. The van der Waals surface area contributed by atoms with E-state index in [0.717, 1.165) is 34.8 Å². The molecule has 0 heterocycles. The molecule has 2 rings (SSSR count). The average Bonchev–Trinajstić information content (AvgIpc) is 2.59. The molecule has 0 fully saturated rings. The van der Waals surface area contributed by atoms with Crippen LogP contribution in [0.5, 0.6) is 5.75 Å². The van der Waals surface area contributed by atoms with Gasteiger partial charge in [-0.15, -0.1) is 13.2 Å². The van der Waals surface area contributed by atoms with Gasteiger partial charge in [-0.1, -0.05) is 12.1 Å². The van der Waals surface area contributed by atoms with Gasteiger partial charge in [0, 0.05) is 19.3 Å². The molecule has 0 amide bonds. The van der Waals surface area contributed by atoms with Crippen molar-refractivity contribution in [3.8, 4) is 5.75 Å². The van der Waals surface area contributed by atoms with Crippen molar-refractivity contribution in [3.05, 3.63) is 54.1 Å². The summed E-state index contributed by atoms with van der Waals surface area (Å²) >= 11 is 0. The summed E-state index contributed by atoms with van der Waals surface area (Å²) < 4.78 is 89.9. The van der Waals surface area contributed by atoms with E-state index in [2.05, 4.69) is 4.74 Å². The van der Waals surface area contributed by atoms with Gasteiger partial charge >= 0.3 is 6.36 Å². The molecule has 0 saturated carbocycles. The summed E-state index contributed by atoms with van der Waals surface area (Å²) in [5, 5.41) is 0. The fourth-order valence-electron chi connectivity index (χ4n) is 2.39. The Morgan fingerprint density at radius 1 is 0.893 bits per heavy atom. The molecule has 0 radical (unpaired) electrons. The maximum Gasteiger partial charge on any atom is 0.573 e. The second-order valence-corrected chi connectivity index (χ2v) is 10.1. The summed E-state index contributed by atoms with van der Waals surface area (Å²) in [5.41, 5.74) is 0.551. The summed E-state index contributed by atoms with van der Waals surface area (Å²) in [7, 11) is -6.06. The zero-order valence-electron chi connectivity index (χ0n) is 15.1. The van der Waals surface area contributed by atoms with Crippen molar-refractivity contribution >= 4 is 19.9 Å². The maximum absolute atomic E-state index is 12.7. The molecule has 0 bridgehead atoms. The lowest BCUT2D eigenvalue weighted by Crippen LogP contribution is -2.29. The second-order valence-electron chi connectivity index (χ2n) is 6.06. The Labute approximate surface area is 161 Å². The van der Waals surface area contributed by atoms with E-state index in [-0.39, 0.29) is 9.79 Å². The summed E-state index contributed by atoms with van der Waals surface area (Å²) in [6.45, 7) is 1.61. The molecule has 0 aliphatic heterocycles. The lowest BCUT2D eigenvalue weighted by Gasteiger charge is -2.25. The highest BCUT2D eigenvalue weighted by molar-refractivity contribution is 7.90. The summed E-state index contributed by atoms with van der Waals surface area (Å²) in [4.78, 5) is -0.0988. The molecule has 6 nitrogen and oxygen atoms in total. The SMILES string of the molecule is C[C@@H](c1ccc(S(C)(=O)=O)cc1)N(C)S(=O)(=O)c1ccc(OC(F)(F)F)cc1. The van der Waals surface area contributed by atoms with Crippen molar-refractivity contribution in [2.45, 2.75) is 29.1 Å². The molecule has 0 spiro atoms. The second kappa shape index (κ2) is 7.72. The minimum Gasteiger partial charge on any atom is -0.406 e. The monoisotopic (exact) mass is 437 g/mol. The van der Waals surface area contributed by atoms with E-state index in [1.54, 1.807) is 6.92 Å². The fraction of sp³-hybridized carbons (Fsp3) is 0.294. The Morgan fingerprint density at radius 2 is 1.36 bits per heavy atom. The van der Waals surface area contributed by atoms with Crippen LogP contribution in [0, 0.1) is 0 Å². The molecule has 2 aromatic carbocycles. The van der Waals surface area contributed by atoms with Crippen LogP contribution in [0.2, 0.25) is 0 Å². The van der Waals surface area contributed by atoms with Gasteiger partial charge in [0.2, 0.25) is 10.0 Å². The molecule has 0 N–H and O–H groups in total. The van der Waals surface area contributed by atoms with Gasteiger partial charge in [0.25, 0.3) is 0 Å². The zero-order chi connectivity index (χ0) is 21.3. The van der Waals surface area contributed by atoms with Crippen LogP contribution in [0.15, 0.2) is 58.3 Å². The van der Waals surface area contributed by atoms with Gasteiger partial charge in [-0.2, -0.15) is 4.31 Å². The largest absolute Gasteiger partial charge is 0.573 e. The molecule has 0 saturated heterocycles. The van der Waals surface area contributed by atoms with Crippen LogP contribution in [0.3, 0.4) is 0 Å². The van der Waals surface area contributed by atoms with Crippen LogP contribution >= 0.6 is 0 Å². The molecule has 1 atom stereocenters. The highest BCUT2D eigenvalue weighted by Crippen LogP contribution is 2.29. The van der Waals surface area contributed by atoms with Crippen molar-refractivity contribution in [1.29, 1.82) is 0 Å². The fourth-order valence-corrected chi connectivity index (χ4v) is 4.37. The third-order valence-corrected chi connectivity index (χ3v) is 7.14. The zero-order valence-corrected chi connectivity index (χ0v) is 16.8. The predicted octanol–water partition coefficient (Wildman–Crippen LogP) is 3.37. The molecule has 0 unspecified atom stereocenters. The summed E-state index contributed by atoms with van der Waals surface area (Å²) in [6.07, 6.45) is -3.81. The molecule has 2 aromatic rings. The number of sulfone groups is 1. The lowest BCUT2D eigenvalue weighted by molar-refractivity contribution is -0.274. The molecule has 0 aromatic heterocycles. The van der Waals surface area contributed by atoms with E-state index in [1.165, 1.54) is 31.3 Å². The Morgan fingerprint density at radius 3 is 1.79 bits per heavy atom. The summed E-state index contributed by atoms with van der Waals surface area (Å²) in [5.74, 6) is -0.529. The van der Waals surface area contributed by atoms with Gasteiger partial charge in [-0.3, -0.25) is 0 Å². The number of hydrogen-bond acceptors (Lipinski definition) is 5. The van der Waals surface area contributed by atoms with Gasteiger partial charge in [-0.05, 0) is 48.9 Å². The van der Waals surface area contributed by atoms with Crippen LogP contribution in [0.1, 0.15) is 18.5 Å². The molecular weight excluding hydrogens is 419 g/mol. The van der Waals surface area contributed by atoms with Gasteiger partial charge in [-0.25, -0.2) is 16.8 Å². The third-order valence-electron chi connectivity index (χ3n) is 4.07. The number of hydrogen-bond donors (Lipinski definition) is 0. The lowest BCUT2D eigenvalue weighted by atomic mass is 10.1. The number of sulfonamides is 1. The highest BCUT2D eigenvalue weighted by Gasteiger charge is 2.31. The van der Waals surface area contributed by atoms with E-state index in [4.69, 9.17) is 0 Å². The van der Waals surface area contributed by atoms with E-state index in [1.807, 2.05) is 0 Å². The highest BCUT2D eigenvalue weighted by atomic mass is 32.2.